The summed E-state index contributed by atoms with van der Waals surface area (Å²) < 4.78 is 5.07. The molecule has 0 fully saturated rings. The number of hydrogen-bond donors (Lipinski definition) is 0. The summed E-state index contributed by atoms with van der Waals surface area (Å²) in [6, 6.07) is 81.6. The number of rotatable bonds is 8. The zero-order valence-electron chi connectivity index (χ0n) is 39.4. The van der Waals surface area contributed by atoms with Crippen LogP contribution in [0.3, 0.4) is 0 Å². The van der Waals surface area contributed by atoms with Crippen LogP contribution in [0.25, 0.3) is 94.2 Å². The van der Waals surface area contributed by atoms with E-state index in [0.717, 1.165) is 31.4 Å². The van der Waals surface area contributed by atoms with Crippen LogP contribution >= 0.6 is 11.8 Å². The summed E-state index contributed by atoms with van der Waals surface area (Å²) in [5.74, 6) is 0.757. The van der Waals surface area contributed by atoms with Crippen LogP contribution in [0, 0.1) is 0 Å². The first-order valence-electron chi connectivity index (χ1n) is 25.2. The molecule has 0 amide bonds. The minimum absolute atomic E-state index is 0.320. The smallest absolute Gasteiger partial charge is 0.0535 e. The molecular weight excluding hydrogens is 877 g/mol. The highest BCUT2D eigenvalue weighted by Gasteiger charge is 2.32. The summed E-state index contributed by atoms with van der Waals surface area (Å²) in [6.45, 7) is 0. The van der Waals surface area contributed by atoms with Crippen molar-refractivity contribution in [3.8, 4) is 56.3 Å². The molecule has 0 spiro atoms. The number of fused-ring (bicyclic) bond motifs is 6. The van der Waals surface area contributed by atoms with Gasteiger partial charge in [-0.2, -0.15) is 0 Å². The second-order valence-electron chi connectivity index (χ2n) is 19.4. The maximum absolute atomic E-state index is 2.59. The molecule has 0 bridgehead atoms. The van der Waals surface area contributed by atoms with Crippen LogP contribution in [0.5, 0.6) is 0 Å². The molecule has 9 aromatic carbocycles. The average molecular weight is 927 g/mol. The number of allylic oxidation sites excluding steroid dienone is 6. The molecule has 2 nitrogen and oxygen atoms in total. The predicted molar refractivity (Wildman–Crippen MR) is 301 cm³/mol. The van der Waals surface area contributed by atoms with E-state index in [9.17, 15) is 0 Å². The summed E-state index contributed by atoms with van der Waals surface area (Å²) in [5.41, 5.74) is 17.5. The van der Waals surface area contributed by atoms with E-state index in [1.54, 1.807) is 0 Å². The van der Waals surface area contributed by atoms with Gasteiger partial charge in [-0.15, -0.1) is 0 Å². The Kier molecular flexibility index (Phi) is 10.2. The van der Waals surface area contributed by atoms with Gasteiger partial charge in [-0.25, -0.2) is 0 Å². The van der Waals surface area contributed by atoms with Gasteiger partial charge in [-0.3, -0.25) is 0 Å². The lowest BCUT2D eigenvalue weighted by Crippen LogP contribution is -2.09. The van der Waals surface area contributed by atoms with Gasteiger partial charge in [-0.1, -0.05) is 200 Å². The Balaban J connectivity index is 1.09. The lowest BCUT2D eigenvalue weighted by Gasteiger charge is -2.26. The van der Waals surface area contributed by atoms with E-state index in [-0.39, 0.29) is 0 Å². The lowest BCUT2D eigenvalue weighted by molar-refractivity contribution is 0.592. The van der Waals surface area contributed by atoms with Crippen molar-refractivity contribution in [2.75, 3.05) is 0 Å². The van der Waals surface area contributed by atoms with Crippen LogP contribution in [0.1, 0.15) is 54.3 Å². The first-order valence-corrected chi connectivity index (χ1v) is 26.0. The van der Waals surface area contributed by atoms with Gasteiger partial charge < -0.3 is 9.13 Å². The van der Waals surface area contributed by atoms with Crippen LogP contribution in [0.15, 0.2) is 252 Å². The van der Waals surface area contributed by atoms with Crippen molar-refractivity contribution in [1.29, 1.82) is 0 Å². The number of thioether (sulfide) groups is 1. The van der Waals surface area contributed by atoms with Gasteiger partial charge in [0.15, 0.2) is 0 Å². The fourth-order valence-electron chi connectivity index (χ4n) is 12.1. The Labute approximate surface area is 419 Å². The number of aromatic nitrogens is 2. The van der Waals surface area contributed by atoms with Crippen LogP contribution in [0.4, 0.5) is 0 Å². The molecule has 14 rings (SSSR count). The first kappa shape index (κ1) is 41.8. The minimum Gasteiger partial charge on any atom is -0.313 e. The quantitative estimate of drug-likeness (QED) is 0.109. The molecule has 3 heterocycles. The Morgan fingerprint density at radius 3 is 1.73 bits per heavy atom. The average Bonchev–Trinajstić information content (AvgIpc) is 4.19. The minimum atomic E-state index is 0.320. The third kappa shape index (κ3) is 7.09. The van der Waals surface area contributed by atoms with E-state index in [0.29, 0.717) is 11.8 Å². The Bertz CT molecular complexity index is 3900. The third-order valence-corrected chi connectivity index (χ3v) is 16.7. The molecule has 1 aliphatic heterocycles. The zero-order chi connectivity index (χ0) is 46.8. The zero-order valence-corrected chi connectivity index (χ0v) is 40.2. The van der Waals surface area contributed by atoms with E-state index in [2.05, 4.69) is 252 Å². The molecule has 11 aromatic rings. The van der Waals surface area contributed by atoms with Gasteiger partial charge >= 0.3 is 0 Å². The normalized spacial score (nSPS) is 16.3. The third-order valence-electron chi connectivity index (χ3n) is 15.4. The topological polar surface area (TPSA) is 9.86 Å². The van der Waals surface area contributed by atoms with Crippen molar-refractivity contribution in [2.24, 2.45) is 0 Å². The van der Waals surface area contributed by atoms with Crippen molar-refractivity contribution in [3.05, 3.63) is 264 Å². The van der Waals surface area contributed by atoms with E-state index in [1.165, 1.54) is 115 Å². The Morgan fingerprint density at radius 1 is 0.437 bits per heavy atom. The fraction of sp³-hybridized carbons (Fsp3) is 0.0882. The maximum Gasteiger partial charge on any atom is 0.0535 e. The van der Waals surface area contributed by atoms with Gasteiger partial charge in [0.2, 0.25) is 0 Å². The van der Waals surface area contributed by atoms with Crippen molar-refractivity contribution in [3.63, 3.8) is 0 Å². The van der Waals surface area contributed by atoms with Crippen molar-refractivity contribution in [1.82, 2.24) is 9.13 Å². The molecule has 2 aromatic heterocycles. The van der Waals surface area contributed by atoms with Gasteiger partial charge in [0.1, 0.15) is 0 Å². The SMILES string of the molecule is C1=CCC(c2ccc(-c3ccccc3)n2-c2ccc3c(C4=CC=C5Sc6ccccc6C5C4)c4cc(-n5c(-c6ccccc6)ccc5-c5ccccc5)ccc4c(-c4cccc5ccccc45)c3c2)CC1. The van der Waals surface area contributed by atoms with E-state index in [4.69, 9.17) is 0 Å². The summed E-state index contributed by atoms with van der Waals surface area (Å²) in [7, 11) is 0. The highest BCUT2D eigenvalue weighted by atomic mass is 32.2. The molecule has 71 heavy (non-hydrogen) atoms. The second kappa shape index (κ2) is 17.4. The highest BCUT2D eigenvalue weighted by molar-refractivity contribution is 8.03. The van der Waals surface area contributed by atoms with E-state index < -0.39 is 0 Å². The predicted octanol–water partition coefficient (Wildman–Crippen LogP) is 18.8. The van der Waals surface area contributed by atoms with Crippen molar-refractivity contribution < 1.29 is 0 Å². The van der Waals surface area contributed by atoms with Crippen molar-refractivity contribution >= 4 is 49.7 Å². The summed E-state index contributed by atoms with van der Waals surface area (Å²) in [6.07, 6.45) is 13.9. The molecule has 0 saturated heterocycles. The molecule has 338 valence electrons. The Hall–Kier alpha value is -8.11. The number of nitrogens with zero attached hydrogens (tertiary/aromatic N) is 2. The molecule has 2 atom stereocenters. The van der Waals surface area contributed by atoms with Gasteiger partial charge in [0.25, 0.3) is 0 Å². The van der Waals surface area contributed by atoms with Gasteiger partial charge in [-0.05, 0) is 162 Å². The summed E-state index contributed by atoms with van der Waals surface area (Å²) in [4.78, 5) is 2.82. The summed E-state index contributed by atoms with van der Waals surface area (Å²) in [5, 5.41) is 7.56. The van der Waals surface area contributed by atoms with E-state index in [1.807, 2.05) is 11.8 Å². The lowest BCUT2D eigenvalue weighted by atomic mass is 9.80. The second-order valence-corrected chi connectivity index (χ2v) is 20.5. The molecule has 3 heteroatoms. The monoisotopic (exact) mass is 926 g/mol. The molecule has 0 radical (unpaired) electrons. The summed E-state index contributed by atoms with van der Waals surface area (Å²) >= 11 is 1.94. The van der Waals surface area contributed by atoms with Crippen molar-refractivity contribution in [2.45, 2.75) is 42.4 Å². The highest BCUT2D eigenvalue weighted by Crippen LogP contribution is 2.56. The van der Waals surface area contributed by atoms with Crippen LogP contribution in [0.2, 0.25) is 0 Å². The van der Waals surface area contributed by atoms with Crippen LogP contribution < -0.4 is 0 Å². The number of hydrogen-bond acceptors (Lipinski definition) is 1. The van der Waals surface area contributed by atoms with E-state index >= 15 is 0 Å². The van der Waals surface area contributed by atoms with Crippen LogP contribution in [-0.2, 0) is 0 Å². The number of benzene rings is 9. The fourth-order valence-corrected chi connectivity index (χ4v) is 13.3. The molecule has 2 aliphatic carbocycles. The molecular formula is C68H50N2S. The molecule has 0 N–H and O–H groups in total. The van der Waals surface area contributed by atoms with Crippen LogP contribution in [-0.4, -0.2) is 9.13 Å². The molecule has 0 saturated carbocycles. The largest absolute Gasteiger partial charge is 0.313 e. The molecule has 2 unspecified atom stereocenters. The maximum atomic E-state index is 2.59. The standard InChI is InChI=1S/C68H50N2S/c1-5-19-46(20-6-1)61-37-38-62(47-21-7-2-8-22-47)69(61)51-34-36-57-59(43-51)67(50-32-41-66-58(42-50)54-29-15-16-31-65(54)71-66)56-35-33-52(44-60(56)68(57)55-30-17-27-45-18-13-14-28-53(45)55)70-63(48-23-9-3-10-24-48)39-40-64(70)49-25-11-4-12-26-49/h1-11,13-24,27-41,43-44,49,58H,12,25-26,42H2. The Morgan fingerprint density at radius 2 is 1.03 bits per heavy atom. The molecule has 3 aliphatic rings. The first-order chi connectivity index (χ1) is 35.2. The van der Waals surface area contributed by atoms with Gasteiger partial charge in [0.05, 0.1) is 17.1 Å². The van der Waals surface area contributed by atoms with Gasteiger partial charge in [0, 0.05) is 33.8 Å².